The predicted molar refractivity (Wildman–Crippen MR) is 37.4 cm³/mol. The highest BCUT2D eigenvalue weighted by Gasteiger charge is 2.29. The van der Waals surface area contributed by atoms with Gasteiger partial charge in [0.25, 0.3) is 0 Å². The number of carboxylic acids is 1. The Kier molecular flexibility index (Phi) is 4.75. The molecule has 0 aliphatic heterocycles. The monoisotopic (exact) mass is 180 g/mol. The van der Waals surface area contributed by atoms with Crippen molar-refractivity contribution in [2.45, 2.75) is 24.7 Å². The van der Waals surface area contributed by atoms with Gasteiger partial charge in [-0.25, -0.2) is 4.79 Å². The summed E-state index contributed by atoms with van der Waals surface area (Å²) in [5.41, 5.74) is 0. The molecular formula is C6H12O6. The fraction of sp³-hybridized carbons (Fsp3) is 0.833. The number of aliphatic hydroxyl groups excluding tert-OH is 4. The minimum atomic E-state index is -2.02. The van der Waals surface area contributed by atoms with Crippen LogP contribution in [-0.4, -0.2) is 56.4 Å². The van der Waals surface area contributed by atoms with Gasteiger partial charge in [-0.05, 0) is 6.42 Å². The number of hydrogen-bond acceptors (Lipinski definition) is 5. The smallest absolute Gasteiger partial charge is 0.335 e. The summed E-state index contributed by atoms with van der Waals surface area (Å²) < 4.78 is 0. The summed E-state index contributed by atoms with van der Waals surface area (Å²) >= 11 is 0. The van der Waals surface area contributed by atoms with E-state index in [0.717, 1.165) is 0 Å². The van der Waals surface area contributed by atoms with Crippen molar-refractivity contribution in [2.24, 2.45) is 0 Å². The van der Waals surface area contributed by atoms with Crippen LogP contribution in [0.5, 0.6) is 0 Å². The lowest BCUT2D eigenvalue weighted by Crippen LogP contribution is -2.42. The van der Waals surface area contributed by atoms with Crippen molar-refractivity contribution in [3.05, 3.63) is 0 Å². The van der Waals surface area contributed by atoms with Gasteiger partial charge in [-0.3, -0.25) is 0 Å². The summed E-state index contributed by atoms with van der Waals surface area (Å²) in [6, 6.07) is 0. The minimum absolute atomic E-state index is 0.175. The van der Waals surface area contributed by atoms with Crippen molar-refractivity contribution in [1.82, 2.24) is 0 Å². The highest BCUT2D eigenvalue weighted by molar-refractivity contribution is 5.72. The zero-order valence-electron chi connectivity index (χ0n) is 6.29. The van der Waals surface area contributed by atoms with Crippen LogP contribution in [-0.2, 0) is 4.79 Å². The van der Waals surface area contributed by atoms with Crippen LogP contribution in [0.3, 0.4) is 0 Å². The summed E-state index contributed by atoms with van der Waals surface area (Å²) in [6.07, 6.45) is -5.40. The first kappa shape index (κ1) is 11.3. The number of hydrogen-bond donors (Lipinski definition) is 5. The van der Waals surface area contributed by atoms with Gasteiger partial charge in [0, 0.05) is 6.61 Å². The van der Waals surface area contributed by atoms with Gasteiger partial charge in [0.15, 0.2) is 6.10 Å². The zero-order chi connectivity index (χ0) is 9.72. The van der Waals surface area contributed by atoms with Crippen molar-refractivity contribution in [1.29, 1.82) is 0 Å². The number of carbonyl (C=O) groups is 1. The fourth-order valence-corrected chi connectivity index (χ4v) is 0.660. The Morgan fingerprint density at radius 1 is 1.25 bits per heavy atom. The van der Waals surface area contributed by atoms with Crippen LogP contribution in [0, 0.1) is 0 Å². The van der Waals surface area contributed by atoms with Gasteiger partial charge in [0.1, 0.15) is 6.10 Å². The topological polar surface area (TPSA) is 118 Å². The molecule has 0 aromatic carbocycles. The second-order valence-electron chi connectivity index (χ2n) is 2.35. The molecule has 0 heterocycles. The van der Waals surface area contributed by atoms with Gasteiger partial charge in [-0.1, -0.05) is 0 Å². The lowest BCUT2D eigenvalue weighted by atomic mass is 10.1. The van der Waals surface area contributed by atoms with E-state index < -0.39 is 24.3 Å². The lowest BCUT2D eigenvalue weighted by molar-refractivity contribution is -0.158. The first-order valence-electron chi connectivity index (χ1n) is 3.38. The van der Waals surface area contributed by atoms with Crippen molar-refractivity contribution in [3.63, 3.8) is 0 Å². The Bertz CT molecular complexity index is 147. The Morgan fingerprint density at radius 2 is 1.75 bits per heavy atom. The molecule has 0 rings (SSSR count). The molecular weight excluding hydrogens is 168 g/mol. The standard InChI is InChI=1S/C6H12O6/c7-2-1-3(8)4(9)5(10)6(11)12/h3-5,7-10H,1-2H2,(H,11,12)/t3-,4+,5-/m1/s1. The van der Waals surface area contributed by atoms with Crippen molar-refractivity contribution in [3.8, 4) is 0 Å². The summed E-state index contributed by atoms with van der Waals surface area (Å²) in [5, 5.41) is 43.0. The second-order valence-corrected chi connectivity index (χ2v) is 2.35. The van der Waals surface area contributed by atoms with E-state index in [2.05, 4.69) is 0 Å². The van der Waals surface area contributed by atoms with Gasteiger partial charge in [-0.2, -0.15) is 0 Å². The van der Waals surface area contributed by atoms with E-state index in [1.54, 1.807) is 0 Å². The molecule has 72 valence electrons. The average Bonchev–Trinajstić information content (AvgIpc) is 2.02. The first-order valence-corrected chi connectivity index (χ1v) is 3.38. The fourth-order valence-electron chi connectivity index (χ4n) is 0.660. The minimum Gasteiger partial charge on any atom is -0.479 e. The Balaban J connectivity index is 3.99. The summed E-state index contributed by atoms with van der Waals surface area (Å²) in [6.45, 7) is -0.384. The highest BCUT2D eigenvalue weighted by Crippen LogP contribution is 2.03. The molecule has 0 spiro atoms. The third-order valence-electron chi connectivity index (χ3n) is 1.40. The SMILES string of the molecule is O=C(O)[C@H](O)[C@@H](O)[C@H](O)CCO. The van der Waals surface area contributed by atoms with Crippen LogP contribution in [0.1, 0.15) is 6.42 Å². The van der Waals surface area contributed by atoms with Crippen LogP contribution in [0.25, 0.3) is 0 Å². The number of carboxylic acid groups (broad SMARTS) is 1. The maximum Gasteiger partial charge on any atom is 0.335 e. The molecule has 6 heteroatoms. The molecule has 0 aliphatic carbocycles. The van der Waals surface area contributed by atoms with E-state index >= 15 is 0 Å². The molecule has 5 N–H and O–H groups in total. The molecule has 0 aromatic heterocycles. The van der Waals surface area contributed by atoms with Crippen molar-refractivity contribution >= 4 is 5.97 Å². The zero-order valence-corrected chi connectivity index (χ0v) is 6.29. The quantitative estimate of drug-likeness (QED) is 0.320. The van der Waals surface area contributed by atoms with Gasteiger partial charge >= 0.3 is 5.97 Å². The van der Waals surface area contributed by atoms with Crippen molar-refractivity contribution < 1.29 is 30.3 Å². The van der Waals surface area contributed by atoms with Gasteiger partial charge in [-0.15, -0.1) is 0 Å². The van der Waals surface area contributed by atoms with E-state index in [-0.39, 0.29) is 13.0 Å². The first-order chi connectivity index (χ1) is 5.50. The van der Waals surface area contributed by atoms with E-state index in [1.165, 1.54) is 0 Å². The summed E-state index contributed by atoms with van der Waals surface area (Å²) in [7, 11) is 0. The van der Waals surface area contributed by atoms with Crippen LogP contribution in [0.2, 0.25) is 0 Å². The maximum atomic E-state index is 10.1. The molecule has 0 bridgehead atoms. The molecule has 6 nitrogen and oxygen atoms in total. The average molecular weight is 180 g/mol. The second kappa shape index (κ2) is 5.04. The van der Waals surface area contributed by atoms with Crippen LogP contribution in [0.15, 0.2) is 0 Å². The largest absolute Gasteiger partial charge is 0.479 e. The molecule has 12 heavy (non-hydrogen) atoms. The Labute approximate surface area is 68.7 Å². The molecule has 0 aromatic rings. The van der Waals surface area contributed by atoms with Gasteiger partial charge in [0.2, 0.25) is 0 Å². The van der Waals surface area contributed by atoms with Crippen LogP contribution < -0.4 is 0 Å². The van der Waals surface area contributed by atoms with Crippen LogP contribution in [0.4, 0.5) is 0 Å². The van der Waals surface area contributed by atoms with Gasteiger partial charge < -0.3 is 25.5 Å². The summed E-state index contributed by atoms with van der Waals surface area (Å²) in [5.74, 6) is -1.61. The normalized spacial score (nSPS) is 18.3. The maximum absolute atomic E-state index is 10.1. The Hall–Kier alpha value is -0.690. The van der Waals surface area contributed by atoms with E-state index in [9.17, 15) is 4.79 Å². The van der Waals surface area contributed by atoms with E-state index in [4.69, 9.17) is 25.5 Å². The third-order valence-corrected chi connectivity index (χ3v) is 1.40. The molecule has 0 aliphatic rings. The van der Waals surface area contributed by atoms with E-state index in [0.29, 0.717) is 0 Å². The van der Waals surface area contributed by atoms with Gasteiger partial charge in [0.05, 0.1) is 6.10 Å². The lowest BCUT2D eigenvalue weighted by Gasteiger charge is -2.18. The molecule has 0 amide bonds. The molecule has 0 unspecified atom stereocenters. The van der Waals surface area contributed by atoms with Crippen molar-refractivity contribution in [2.75, 3.05) is 6.61 Å². The highest BCUT2D eigenvalue weighted by atomic mass is 16.4. The summed E-state index contributed by atoms with van der Waals surface area (Å²) in [4.78, 5) is 10.1. The third kappa shape index (κ3) is 3.14. The number of aliphatic carboxylic acids is 1. The predicted octanol–water partition coefficient (Wildman–Crippen LogP) is -2.46. The van der Waals surface area contributed by atoms with Crippen LogP contribution >= 0.6 is 0 Å². The molecule has 0 saturated carbocycles. The number of rotatable bonds is 5. The molecule has 0 saturated heterocycles. The van der Waals surface area contributed by atoms with E-state index in [1.807, 2.05) is 0 Å². The molecule has 3 atom stereocenters. The molecule has 0 fully saturated rings. The Morgan fingerprint density at radius 3 is 2.08 bits per heavy atom. The molecule has 0 radical (unpaired) electrons. The number of aliphatic hydroxyl groups is 4.